The molecule has 0 aromatic rings. The number of nitrogens with zero attached hydrogens (tertiary/aromatic N) is 2. The number of carbonyl (C=O) groups is 2. The maximum atomic E-state index is 12.5. The van der Waals surface area contributed by atoms with Gasteiger partial charge in [-0.25, -0.2) is 9.59 Å². The largest absolute Gasteiger partial charge is 0.480 e. The van der Waals surface area contributed by atoms with Crippen LogP contribution in [0, 0.1) is 0 Å². The summed E-state index contributed by atoms with van der Waals surface area (Å²) in [7, 11) is 0. The second kappa shape index (κ2) is 5.82. The molecule has 0 radical (unpaired) electrons. The van der Waals surface area contributed by atoms with E-state index in [9.17, 15) is 14.7 Å². The molecule has 0 aromatic heterocycles. The highest BCUT2D eigenvalue weighted by molar-refractivity contribution is 7.99. The summed E-state index contributed by atoms with van der Waals surface area (Å²) in [5, 5.41) is 9.20. The number of rotatable bonds is 4. The highest BCUT2D eigenvalue weighted by atomic mass is 32.2. The molecule has 1 heterocycles. The minimum atomic E-state index is -0.886. The molecule has 5 nitrogen and oxygen atoms in total. The van der Waals surface area contributed by atoms with E-state index in [1.807, 2.05) is 11.8 Å². The molecule has 2 aliphatic rings. The monoisotopic (exact) mass is 272 g/mol. The molecule has 2 rings (SSSR count). The van der Waals surface area contributed by atoms with Crippen molar-refractivity contribution in [2.75, 3.05) is 24.6 Å². The fraction of sp³-hybridized carbons (Fsp3) is 0.833. The SMILES string of the molecule is CCCN(C(=O)N1CCSCC1C(=O)O)C1CC1. The lowest BCUT2D eigenvalue weighted by Crippen LogP contribution is -2.55. The van der Waals surface area contributed by atoms with Crippen LogP contribution in [-0.2, 0) is 4.79 Å². The lowest BCUT2D eigenvalue weighted by molar-refractivity contribution is -0.141. The van der Waals surface area contributed by atoms with Crippen LogP contribution in [-0.4, -0.2) is 63.6 Å². The topological polar surface area (TPSA) is 60.9 Å². The predicted octanol–water partition coefficient (Wildman–Crippen LogP) is 1.48. The quantitative estimate of drug-likeness (QED) is 0.842. The van der Waals surface area contributed by atoms with Crippen LogP contribution in [0.3, 0.4) is 0 Å². The van der Waals surface area contributed by atoms with E-state index in [1.165, 1.54) is 0 Å². The van der Waals surface area contributed by atoms with Crippen molar-refractivity contribution in [1.82, 2.24) is 9.80 Å². The van der Waals surface area contributed by atoms with Gasteiger partial charge in [0, 0.05) is 30.6 Å². The van der Waals surface area contributed by atoms with Crippen molar-refractivity contribution in [3.63, 3.8) is 0 Å². The van der Waals surface area contributed by atoms with Crippen LogP contribution in [0.25, 0.3) is 0 Å². The van der Waals surface area contributed by atoms with E-state index < -0.39 is 12.0 Å². The zero-order chi connectivity index (χ0) is 13.1. The zero-order valence-electron chi connectivity index (χ0n) is 10.7. The zero-order valence-corrected chi connectivity index (χ0v) is 11.5. The van der Waals surface area contributed by atoms with Crippen molar-refractivity contribution in [2.24, 2.45) is 0 Å². The van der Waals surface area contributed by atoms with Gasteiger partial charge in [-0.2, -0.15) is 11.8 Å². The van der Waals surface area contributed by atoms with E-state index in [0.29, 0.717) is 18.3 Å². The fourth-order valence-corrected chi connectivity index (χ4v) is 3.30. The molecule has 2 fully saturated rings. The number of hydrogen-bond acceptors (Lipinski definition) is 3. The molecule has 102 valence electrons. The molecular weight excluding hydrogens is 252 g/mol. The Kier molecular flexibility index (Phi) is 4.37. The molecule has 2 amide bonds. The van der Waals surface area contributed by atoms with E-state index in [2.05, 4.69) is 0 Å². The third-order valence-electron chi connectivity index (χ3n) is 3.36. The molecule has 0 aromatic carbocycles. The highest BCUT2D eigenvalue weighted by Gasteiger charge is 2.39. The van der Waals surface area contributed by atoms with Gasteiger partial charge in [-0.1, -0.05) is 6.92 Å². The summed E-state index contributed by atoms with van der Waals surface area (Å²) in [6.07, 6.45) is 3.04. The summed E-state index contributed by atoms with van der Waals surface area (Å²) in [4.78, 5) is 27.1. The van der Waals surface area contributed by atoms with Gasteiger partial charge >= 0.3 is 12.0 Å². The molecule has 1 aliphatic carbocycles. The Labute approximate surface area is 112 Å². The lowest BCUT2D eigenvalue weighted by atomic mass is 10.2. The molecule has 0 spiro atoms. The van der Waals surface area contributed by atoms with Gasteiger partial charge in [-0.3, -0.25) is 0 Å². The number of amides is 2. The Hall–Kier alpha value is -0.910. The molecule has 1 atom stereocenters. The Morgan fingerprint density at radius 1 is 1.44 bits per heavy atom. The Morgan fingerprint density at radius 3 is 2.72 bits per heavy atom. The van der Waals surface area contributed by atoms with Crippen molar-refractivity contribution in [3.05, 3.63) is 0 Å². The number of thioether (sulfide) groups is 1. The first kappa shape index (κ1) is 13.5. The van der Waals surface area contributed by atoms with Crippen LogP contribution >= 0.6 is 11.8 Å². The minimum Gasteiger partial charge on any atom is -0.480 e. The summed E-state index contributed by atoms with van der Waals surface area (Å²) in [6, 6.07) is -0.386. The number of urea groups is 1. The first-order valence-electron chi connectivity index (χ1n) is 6.53. The van der Waals surface area contributed by atoms with Crippen LogP contribution in [0.2, 0.25) is 0 Å². The van der Waals surface area contributed by atoms with Crippen molar-refractivity contribution in [3.8, 4) is 0 Å². The van der Waals surface area contributed by atoms with E-state index >= 15 is 0 Å². The number of carbonyl (C=O) groups excluding carboxylic acids is 1. The summed E-state index contributed by atoms with van der Waals surface area (Å²) in [5.41, 5.74) is 0. The first-order valence-corrected chi connectivity index (χ1v) is 7.68. The Balaban J connectivity index is 2.06. The maximum absolute atomic E-state index is 12.5. The lowest BCUT2D eigenvalue weighted by Gasteiger charge is -2.36. The summed E-state index contributed by atoms with van der Waals surface area (Å²) in [5.74, 6) is 0.453. The number of carboxylic acids is 1. The van der Waals surface area contributed by atoms with E-state index in [4.69, 9.17) is 0 Å². The van der Waals surface area contributed by atoms with Gasteiger partial charge in [0.1, 0.15) is 6.04 Å². The third-order valence-corrected chi connectivity index (χ3v) is 4.38. The fourth-order valence-electron chi connectivity index (χ4n) is 2.26. The Bertz CT molecular complexity index is 333. The molecular formula is C12H20N2O3S. The minimum absolute atomic E-state index is 0.0768. The van der Waals surface area contributed by atoms with Gasteiger partial charge in [0.2, 0.25) is 0 Å². The van der Waals surface area contributed by atoms with Crippen molar-refractivity contribution >= 4 is 23.8 Å². The molecule has 1 aliphatic heterocycles. The van der Waals surface area contributed by atoms with Crippen molar-refractivity contribution in [1.29, 1.82) is 0 Å². The molecule has 1 N–H and O–H groups in total. The van der Waals surface area contributed by atoms with Gasteiger partial charge in [-0.15, -0.1) is 0 Å². The van der Waals surface area contributed by atoms with Crippen molar-refractivity contribution < 1.29 is 14.7 Å². The average molecular weight is 272 g/mol. The molecule has 18 heavy (non-hydrogen) atoms. The van der Waals surface area contributed by atoms with Crippen LogP contribution < -0.4 is 0 Å². The van der Waals surface area contributed by atoms with Gasteiger partial charge in [0.05, 0.1) is 0 Å². The molecule has 1 saturated carbocycles. The molecule has 1 saturated heterocycles. The van der Waals surface area contributed by atoms with Crippen LogP contribution in [0.1, 0.15) is 26.2 Å². The van der Waals surface area contributed by atoms with E-state index in [0.717, 1.165) is 31.6 Å². The number of aliphatic carboxylic acids is 1. The van der Waals surface area contributed by atoms with E-state index in [-0.39, 0.29) is 6.03 Å². The van der Waals surface area contributed by atoms with Gasteiger partial charge in [-0.05, 0) is 19.3 Å². The summed E-state index contributed by atoms with van der Waals surface area (Å²) >= 11 is 1.61. The normalized spacial score (nSPS) is 23.8. The van der Waals surface area contributed by atoms with Crippen molar-refractivity contribution in [2.45, 2.75) is 38.3 Å². The van der Waals surface area contributed by atoms with E-state index in [1.54, 1.807) is 16.7 Å². The summed E-state index contributed by atoms with van der Waals surface area (Å²) in [6.45, 7) is 3.33. The first-order chi connectivity index (χ1) is 8.65. The second-order valence-corrected chi connectivity index (χ2v) is 5.98. The Morgan fingerprint density at radius 2 is 2.17 bits per heavy atom. The summed E-state index contributed by atoms with van der Waals surface area (Å²) < 4.78 is 0. The average Bonchev–Trinajstić information content (AvgIpc) is 3.19. The molecule has 6 heteroatoms. The van der Waals surface area contributed by atoms with Gasteiger partial charge in [0.15, 0.2) is 0 Å². The molecule has 0 bridgehead atoms. The van der Waals surface area contributed by atoms with Crippen LogP contribution in [0.4, 0.5) is 4.79 Å². The third kappa shape index (κ3) is 2.91. The molecule has 1 unspecified atom stereocenters. The number of carboxylic acid groups (broad SMARTS) is 1. The van der Waals surface area contributed by atoms with Gasteiger partial charge in [0.25, 0.3) is 0 Å². The van der Waals surface area contributed by atoms with Gasteiger partial charge < -0.3 is 14.9 Å². The van der Waals surface area contributed by atoms with Crippen LogP contribution in [0.15, 0.2) is 0 Å². The second-order valence-electron chi connectivity index (χ2n) is 4.83. The maximum Gasteiger partial charge on any atom is 0.327 e. The highest BCUT2D eigenvalue weighted by Crippen LogP contribution is 2.29. The number of hydrogen-bond donors (Lipinski definition) is 1. The smallest absolute Gasteiger partial charge is 0.327 e. The standard InChI is InChI=1S/C12H20N2O3S/c1-2-5-13(9-3-4-9)12(17)14-6-7-18-8-10(14)11(15)16/h9-10H,2-8H2,1H3,(H,15,16). The van der Waals surface area contributed by atoms with Crippen LogP contribution in [0.5, 0.6) is 0 Å². The predicted molar refractivity (Wildman–Crippen MR) is 70.9 cm³/mol.